The molecule has 0 radical (unpaired) electrons. The van der Waals surface area contributed by atoms with Gasteiger partial charge in [0.05, 0.1) is 0 Å². The predicted molar refractivity (Wildman–Crippen MR) is 78.5 cm³/mol. The van der Waals surface area contributed by atoms with Gasteiger partial charge in [0.15, 0.2) is 0 Å². The third-order valence-electron chi connectivity index (χ3n) is 2.76. The SMILES string of the molecule is CC(=O)c1cccc[c]1[Bi]([Cl])[c]1ccc(C)cc1. The van der Waals surface area contributed by atoms with Gasteiger partial charge in [-0.05, 0) is 0 Å². The Morgan fingerprint density at radius 2 is 1.67 bits per heavy atom. The summed E-state index contributed by atoms with van der Waals surface area (Å²) >= 11 is -2.48. The molecule has 0 bridgehead atoms. The number of rotatable bonds is 3. The summed E-state index contributed by atoms with van der Waals surface area (Å²) in [5.41, 5.74) is 2.01. The first-order chi connectivity index (χ1) is 8.59. The van der Waals surface area contributed by atoms with Gasteiger partial charge in [0.1, 0.15) is 0 Å². The summed E-state index contributed by atoms with van der Waals surface area (Å²) in [6.07, 6.45) is 0. The number of carbonyl (C=O) groups excluding carboxylic acids is 1. The van der Waals surface area contributed by atoms with Crippen LogP contribution in [0.4, 0.5) is 0 Å². The van der Waals surface area contributed by atoms with Crippen LogP contribution < -0.4 is 6.54 Å². The average Bonchev–Trinajstić information content (AvgIpc) is 2.39. The summed E-state index contributed by atoms with van der Waals surface area (Å²) in [6, 6.07) is 16.1. The first kappa shape index (κ1) is 13.7. The van der Waals surface area contributed by atoms with E-state index in [0.29, 0.717) is 0 Å². The third kappa shape index (κ3) is 2.99. The van der Waals surface area contributed by atoms with Crippen molar-refractivity contribution in [3.63, 3.8) is 0 Å². The molecule has 0 aromatic heterocycles. The number of carbonyl (C=O) groups is 1. The molecule has 0 atom stereocenters. The molecule has 0 aliphatic heterocycles. The molecule has 18 heavy (non-hydrogen) atoms. The molecule has 2 rings (SSSR count). The van der Waals surface area contributed by atoms with Crippen molar-refractivity contribution in [2.75, 3.05) is 0 Å². The first-order valence-corrected chi connectivity index (χ1v) is 13.5. The van der Waals surface area contributed by atoms with Crippen molar-refractivity contribution in [3.05, 3.63) is 59.7 Å². The molecule has 3 heteroatoms. The van der Waals surface area contributed by atoms with Gasteiger partial charge in [-0.2, -0.15) is 0 Å². The van der Waals surface area contributed by atoms with Crippen LogP contribution >= 0.6 is 8.51 Å². The van der Waals surface area contributed by atoms with Crippen LogP contribution in [-0.4, -0.2) is 26.3 Å². The monoisotopic (exact) mass is 454 g/mol. The number of hydrogen-bond donors (Lipinski definition) is 0. The second kappa shape index (κ2) is 5.95. The summed E-state index contributed by atoms with van der Waals surface area (Å²) in [5.74, 6) is 0.0957. The van der Waals surface area contributed by atoms with Gasteiger partial charge in [0.2, 0.25) is 0 Å². The Kier molecular flexibility index (Phi) is 4.53. The van der Waals surface area contributed by atoms with Gasteiger partial charge in [-0.1, -0.05) is 0 Å². The van der Waals surface area contributed by atoms with E-state index in [-0.39, 0.29) is 5.78 Å². The summed E-state index contributed by atoms with van der Waals surface area (Å²) in [5, 5.41) is 0. The van der Waals surface area contributed by atoms with Crippen LogP contribution in [0.5, 0.6) is 0 Å². The zero-order valence-corrected chi connectivity index (χ0v) is 14.6. The zero-order chi connectivity index (χ0) is 13.1. The molecule has 0 N–H and O–H groups in total. The fourth-order valence-electron chi connectivity index (χ4n) is 1.76. The van der Waals surface area contributed by atoms with Crippen LogP contribution in [0, 0.1) is 6.92 Å². The Bertz CT molecular complexity index is 563. The van der Waals surface area contributed by atoms with Gasteiger partial charge in [0.25, 0.3) is 0 Å². The summed E-state index contributed by atoms with van der Waals surface area (Å²) in [7, 11) is 6.68. The van der Waals surface area contributed by atoms with Crippen molar-refractivity contribution in [1.82, 2.24) is 0 Å². The van der Waals surface area contributed by atoms with E-state index >= 15 is 0 Å². The fraction of sp³-hybridized carbons (Fsp3) is 0.133. The first-order valence-electron chi connectivity index (χ1n) is 5.72. The van der Waals surface area contributed by atoms with Crippen molar-refractivity contribution < 1.29 is 4.79 Å². The van der Waals surface area contributed by atoms with Gasteiger partial charge in [-0.3, -0.25) is 0 Å². The van der Waals surface area contributed by atoms with E-state index in [1.54, 1.807) is 6.92 Å². The third-order valence-corrected chi connectivity index (χ3v) is 12.1. The molecule has 0 unspecified atom stereocenters. The van der Waals surface area contributed by atoms with Crippen LogP contribution in [0.25, 0.3) is 0 Å². The van der Waals surface area contributed by atoms with Gasteiger partial charge in [-0.15, -0.1) is 0 Å². The average molecular weight is 455 g/mol. The second-order valence-electron chi connectivity index (χ2n) is 4.19. The molecule has 0 saturated carbocycles. The Labute approximate surface area is 119 Å². The van der Waals surface area contributed by atoms with E-state index in [9.17, 15) is 4.79 Å². The Morgan fingerprint density at radius 1 is 1.06 bits per heavy atom. The van der Waals surface area contributed by atoms with Crippen molar-refractivity contribution in [2.24, 2.45) is 0 Å². The molecule has 0 amide bonds. The molecule has 2 aromatic carbocycles. The maximum absolute atomic E-state index is 11.6. The number of benzene rings is 2. The minimum atomic E-state index is -2.48. The van der Waals surface area contributed by atoms with Gasteiger partial charge in [0, 0.05) is 0 Å². The number of aryl methyl sites for hydroxylation is 1. The Balaban J connectivity index is 2.42. The predicted octanol–water partition coefficient (Wildman–Crippen LogP) is 2.54. The van der Waals surface area contributed by atoms with Crippen LogP contribution in [0.2, 0.25) is 0 Å². The summed E-state index contributed by atoms with van der Waals surface area (Å²) in [4.78, 5) is 11.6. The van der Waals surface area contributed by atoms with Crippen LogP contribution in [0.15, 0.2) is 48.5 Å². The summed E-state index contributed by atoms with van der Waals surface area (Å²) < 4.78 is 2.29. The fourth-order valence-corrected chi connectivity index (χ4v) is 9.29. The zero-order valence-electron chi connectivity index (χ0n) is 10.4. The number of ketones is 1. The number of hydrogen-bond acceptors (Lipinski definition) is 1. The van der Waals surface area contributed by atoms with Crippen molar-refractivity contribution in [1.29, 1.82) is 0 Å². The molecule has 0 heterocycles. The molecule has 0 fully saturated rings. The van der Waals surface area contributed by atoms with Crippen molar-refractivity contribution in [3.8, 4) is 0 Å². The molecule has 0 aliphatic carbocycles. The van der Waals surface area contributed by atoms with E-state index < -0.39 is 20.6 Å². The second-order valence-corrected chi connectivity index (χ2v) is 13.2. The Hall–Kier alpha value is -0.717. The number of Topliss-reactive ketones (excluding diaryl/α,β-unsaturated/α-hetero) is 1. The van der Waals surface area contributed by atoms with E-state index in [1.807, 2.05) is 24.3 Å². The van der Waals surface area contributed by atoms with Gasteiger partial charge in [-0.25, -0.2) is 0 Å². The van der Waals surface area contributed by atoms with E-state index in [4.69, 9.17) is 8.51 Å². The quantitative estimate of drug-likeness (QED) is 0.515. The maximum atomic E-state index is 11.6. The Morgan fingerprint density at radius 3 is 2.28 bits per heavy atom. The van der Waals surface area contributed by atoms with E-state index in [2.05, 4.69) is 31.2 Å². The molecule has 0 aliphatic rings. The van der Waals surface area contributed by atoms with E-state index in [1.165, 1.54) is 8.83 Å². The molecular formula is C15H14BiClO. The van der Waals surface area contributed by atoms with Crippen LogP contribution in [0.3, 0.4) is 0 Å². The number of halogens is 1. The van der Waals surface area contributed by atoms with E-state index in [0.717, 1.165) is 8.83 Å². The van der Waals surface area contributed by atoms with Crippen molar-refractivity contribution in [2.45, 2.75) is 13.8 Å². The van der Waals surface area contributed by atoms with Crippen LogP contribution in [0.1, 0.15) is 22.8 Å². The normalized spacial score (nSPS) is 10.7. The molecule has 0 saturated heterocycles. The van der Waals surface area contributed by atoms with Crippen molar-refractivity contribution >= 4 is 41.4 Å². The van der Waals surface area contributed by atoms with Crippen LogP contribution in [-0.2, 0) is 0 Å². The molecule has 0 spiro atoms. The molecule has 92 valence electrons. The van der Waals surface area contributed by atoms with Gasteiger partial charge >= 0.3 is 120 Å². The topological polar surface area (TPSA) is 17.1 Å². The molecule has 2 aromatic rings. The minimum absolute atomic E-state index is 0.0957. The molecule has 1 nitrogen and oxygen atoms in total. The van der Waals surface area contributed by atoms with Gasteiger partial charge < -0.3 is 0 Å². The summed E-state index contributed by atoms with van der Waals surface area (Å²) in [6.45, 7) is 3.66. The standard InChI is InChI=1S/C8H7O.C7H7.Bi.ClH/c1-7(9)8-5-3-2-4-6-8;1-7-5-3-2-4-6-7;;/h2-5H,1H3;3-6H,1H3;;1H/q;;+1;/p-1. The molecular weight excluding hydrogens is 441 g/mol.